The van der Waals surface area contributed by atoms with Crippen molar-refractivity contribution < 1.29 is 9.47 Å². The summed E-state index contributed by atoms with van der Waals surface area (Å²) in [5, 5.41) is 0. The number of hydrogen-bond donors (Lipinski definition) is 1. The van der Waals surface area contributed by atoms with Crippen LogP contribution in [0.15, 0.2) is 54.6 Å². The van der Waals surface area contributed by atoms with Crippen molar-refractivity contribution in [2.24, 2.45) is 5.73 Å². The van der Waals surface area contributed by atoms with Gasteiger partial charge in [0, 0.05) is 0 Å². The lowest BCUT2D eigenvalue weighted by Gasteiger charge is -2.06. The standard InChI is InChI=1S/C13H13NO2/c14-10-15-11-6-8-13(9-7-11)16-12-4-2-1-3-5-12/h1-9H,10,14H2. The molecule has 0 aliphatic heterocycles. The molecule has 0 amide bonds. The van der Waals surface area contributed by atoms with Crippen molar-refractivity contribution in [3.63, 3.8) is 0 Å². The molecule has 82 valence electrons. The smallest absolute Gasteiger partial charge is 0.137 e. The van der Waals surface area contributed by atoms with Gasteiger partial charge >= 0.3 is 0 Å². The predicted octanol–water partition coefficient (Wildman–Crippen LogP) is 2.77. The minimum Gasteiger partial charge on any atom is -0.479 e. The van der Waals surface area contributed by atoms with Crippen LogP contribution in [0.2, 0.25) is 0 Å². The van der Waals surface area contributed by atoms with Crippen LogP contribution < -0.4 is 15.2 Å². The van der Waals surface area contributed by atoms with E-state index in [0.29, 0.717) is 0 Å². The van der Waals surface area contributed by atoms with Crippen LogP contribution in [0.4, 0.5) is 0 Å². The summed E-state index contributed by atoms with van der Waals surface area (Å²) in [5.74, 6) is 2.33. The van der Waals surface area contributed by atoms with E-state index in [4.69, 9.17) is 15.2 Å². The van der Waals surface area contributed by atoms with Crippen molar-refractivity contribution in [1.29, 1.82) is 0 Å². The van der Waals surface area contributed by atoms with Crippen LogP contribution in [0.3, 0.4) is 0 Å². The molecule has 0 saturated carbocycles. The summed E-state index contributed by atoms with van der Waals surface area (Å²) in [5.41, 5.74) is 5.27. The molecule has 0 aromatic heterocycles. The van der Waals surface area contributed by atoms with Gasteiger partial charge in [0.2, 0.25) is 0 Å². The molecular weight excluding hydrogens is 202 g/mol. The highest BCUT2D eigenvalue weighted by molar-refractivity contribution is 5.35. The van der Waals surface area contributed by atoms with E-state index >= 15 is 0 Å². The fourth-order valence-electron chi connectivity index (χ4n) is 1.32. The Labute approximate surface area is 94.4 Å². The topological polar surface area (TPSA) is 44.5 Å². The first-order chi connectivity index (χ1) is 7.88. The minimum atomic E-state index is 0.179. The summed E-state index contributed by atoms with van der Waals surface area (Å²) in [6, 6.07) is 17.0. The highest BCUT2D eigenvalue weighted by Crippen LogP contribution is 2.23. The molecule has 0 fully saturated rings. The van der Waals surface area contributed by atoms with Crippen LogP contribution in [0, 0.1) is 0 Å². The monoisotopic (exact) mass is 215 g/mol. The first-order valence-corrected chi connectivity index (χ1v) is 5.04. The number of ether oxygens (including phenoxy) is 2. The van der Waals surface area contributed by atoms with Gasteiger partial charge in [-0.05, 0) is 36.4 Å². The molecule has 0 radical (unpaired) electrons. The highest BCUT2D eigenvalue weighted by Gasteiger charge is 1.97. The molecule has 0 atom stereocenters. The van der Waals surface area contributed by atoms with Gasteiger partial charge in [-0.3, -0.25) is 5.73 Å². The zero-order valence-corrected chi connectivity index (χ0v) is 8.80. The van der Waals surface area contributed by atoms with Crippen molar-refractivity contribution in [3.05, 3.63) is 54.6 Å². The second-order valence-corrected chi connectivity index (χ2v) is 3.20. The summed E-state index contributed by atoms with van der Waals surface area (Å²) in [6.07, 6.45) is 0. The van der Waals surface area contributed by atoms with Crippen molar-refractivity contribution in [3.8, 4) is 17.2 Å². The van der Waals surface area contributed by atoms with E-state index in [1.54, 1.807) is 0 Å². The molecule has 2 rings (SSSR count). The average molecular weight is 215 g/mol. The maximum Gasteiger partial charge on any atom is 0.137 e. The van der Waals surface area contributed by atoms with E-state index in [9.17, 15) is 0 Å². The van der Waals surface area contributed by atoms with E-state index in [1.807, 2.05) is 54.6 Å². The third-order valence-corrected chi connectivity index (χ3v) is 2.05. The average Bonchev–Trinajstić information content (AvgIpc) is 2.33. The zero-order chi connectivity index (χ0) is 11.2. The van der Waals surface area contributed by atoms with Crippen LogP contribution in [0.1, 0.15) is 0 Å². The van der Waals surface area contributed by atoms with E-state index in [1.165, 1.54) is 0 Å². The van der Waals surface area contributed by atoms with Gasteiger partial charge in [-0.1, -0.05) is 18.2 Å². The fraction of sp³-hybridized carbons (Fsp3) is 0.0769. The van der Waals surface area contributed by atoms with Crippen LogP contribution in [-0.2, 0) is 0 Å². The normalized spacial score (nSPS) is 9.81. The lowest BCUT2D eigenvalue weighted by molar-refractivity contribution is 0.329. The molecule has 2 N–H and O–H groups in total. The van der Waals surface area contributed by atoms with Gasteiger partial charge in [0.05, 0.1) is 0 Å². The molecule has 0 aliphatic rings. The lowest BCUT2D eigenvalue weighted by atomic mass is 10.3. The molecule has 2 aromatic carbocycles. The first kappa shape index (κ1) is 10.5. The second kappa shape index (κ2) is 5.19. The summed E-state index contributed by atoms with van der Waals surface area (Å²) < 4.78 is 10.8. The van der Waals surface area contributed by atoms with E-state index in [-0.39, 0.29) is 6.73 Å². The maximum absolute atomic E-state index is 5.62. The van der Waals surface area contributed by atoms with Gasteiger partial charge in [-0.2, -0.15) is 0 Å². The maximum atomic E-state index is 5.62. The third-order valence-electron chi connectivity index (χ3n) is 2.05. The molecule has 3 nitrogen and oxygen atoms in total. The molecule has 3 heteroatoms. The first-order valence-electron chi connectivity index (χ1n) is 5.04. The van der Waals surface area contributed by atoms with Crippen molar-refractivity contribution >= 4 is 0 Å². The Morgan fingerprint density at radius 3 is 1.94 bits per heavy atom. The minimum absolute atomic E-state index is 0.179. The van der Waals surface area contributed by atoms with Crippen molar-refractivity contribution in [2.45, 2.75) is 0 Å². The van der Waals surface area contributed by atoms with Crippen LogP contribution in [-0.4, -0.2) is 6.73 Å². The van der Waals surface area contributed by atoms with Gasteiger partial charge in [-0.25, -0.2) is 0 Å². The summed E-state index contributed by atoms with van der Waals surface area (Å²) in [7, 11) is 0. The SMILES string of the molecule is NCOc1ccc(Oc2ccccc2)cc1. The Morgan fingerprint density at radius 1 is 0.750 bits per heavy atom. The summed E-state index contributed by atoms with van der Waals surface area (Å²) >= 11 is 0. The van der Waals surface area contributed by atoms with Gasteiger partial charge in [-0.15, -0.1) is 0 Å². The van der Waals surface area contributed by atoms with E-state index in [0.717, 1.165) is 17.2 Å². The quantitative estimate of drug-likeness (QED) is 0.797. The summed E-state index contributed by atoms with van der Waals surface area (Å²) in [6.45, 7) is 0.179. The van der Waals surface area contributed by atoms with Gasteiger partial charge in [0.15, 0.2) is 0 Å². The molecule has 2 aromatic rings. The molecule has 0 unspecified atom stereocenters. The largest absolute Gasteiger partial charge is 0.479 e. The molecule has 0 bridgehead atoms. The highest BCUT2D eigenvalue weighted by atomic mass is 16.5. The Bertz CT molecular complexity index is 425. The third kappa shape index (κ3) is 2.74. The van der Waals surface area contributed by atoms with Crippen LogP contribution >= 0.6 is 0 Å². The Hall–Kier alpha value is -2.00. The molecule has 16 heavy (non-hydrogen) atoms. The van der Waals surface area contributed by atoms with E-state index in [2.05, 4.69) is 0 Å². The number of rotatable bonds is 4. The second-order valence-electron chi connectivity index (χ2n) is 3.20. The summed E-state index contributed by atoms with van der Waals surface area (Å²) in [4.78, 5) is 0. The van der Waals surface area contributed by atoms with Gasteiger partial charge in [0.1, 0.15) is 24.0 Å². The predicted molar refractivity (Wildman–Crippen MR) is 62.6 cm³/mol. The number of para-hydroxylation sites is 1. The van der Waals surface area contributed by atoms with Crippen molar-refractivity contribution in [2.75, 3.05) is 6.73 Å². The molecular formula is C13H13NO2. The number of benzene rings is 2. The fourth-order valence-corrected chi connectivity index (χ4v) is 1.32. The Balaban J connectivity index is 2.05. The zero-order valence-electron chi connectivity index (χ0n) is 8.80. The lowest BCUT2D eigenvalue weighted by Crippen LogP contribution is -2.06. The van der Waals surface area contributed by atoms with Crippen molar-refractivity contribution in [1.82, 2.24) is 0 Å². The molecule has 0 spiro atoms. The van der Waals surface area contributed by atoms with Gasteiger partial charge in [0.25, 0.3) is 0 Å². The van der Waals surface area contributed by atoms with Crippen LogP contribution in [0.5, 0.6) is 17.2 Å². The number of hydrogen-bond acceptors (Lipinski definition) is 3. The number of nitrogens with two attached hydrogens (primary N) is 1. The van der Waals surface area contributed by atoms with Gasteiger partial charge < -0.3 is 9.47 Å². The molecule has 0 heterocycles. The Morgan fingerprint density at radius 2 is 1.31 bits per heavy atom. The Kier molecular flexibility index (Phi) is 3.41. The molecule has 0 aliphatic carbocycles. The molecule has 0 saturated heterocycles. The van der Waals surface area contributed by atoms with E-state index < -0.39 is 0 Å². The van der Waals surface area contributed by atoms with Crippen LogP contribution in [0.25, 0.3) is 0 Å².